The molecule has 124 valence electrons. The molecule has 1 saturated carbocycles. The largest absolute Gasteiger partial charge is 0.351 e. The molecular weight excluding hydrogens is 294 g/mol. The molecule has 0 radical (unpaired) electrons. The van der Waals surface area contributed by atoms with Crippen molar-refractivity contribution in [1.29, 1.82) is 0 Å². The first-order valence-electron chi connectivity index (χ1n) is 8.20. The number of nitrogens with zero attached hydrogens (tertiary/aromatic N) is 2. The van der Waals surface area contributed by atoms with Crippen molar-refractivity contribution in [2.75, 3.05) is 19.6 Å². The summed E-state index contributed by atoms with van der Waals surface area (Å²) in [5.41, 5.74) is 1.61. The average molecular weight is 317 g/mol. The maximum absolute atomic E-state index is 12.5. The van der Waals surface area contributed by atoms with Crippen LogP contribution in [0, 0.1) is 0 Å². The zero-order valence-electron chi connectivity index (χ0n) is 13.6. The highest BCUT2D eigenvalue weighted by Crippen LogP contribution is 2.39. The molecule has 0 unspecified atom stereocenters. The van der Waals surface area contributed by atoms with Crippen LogP contribution >= 0.6 is 0 Å². The summed E-state index contributed by atoms with van der Waals surface area (Å²) in [5.74, 6) is 0.205. The van der Waals surface area contributed by atoms with Crippen LogP contribution in [0.1, 0.15) is 48.2 Å². The van der Waals surface area contributed by atoms with Crippen molar-refractivity contribution in [3.05, 3.63) is 27.7 Å². The molecule has 2 heterocycles. The highest BCUT2D eigenvalue weighted by atomic mass is 16.2. The lowest BCUT2D eigenvalue weighted by molar-refractivity contribution is 0.0955. The monoisotopic (exact) mass is 317 g/mol. The summed E-state index contributed by atoms with van der Waals surface area (Å²) in [5, 5.41) is 9.18. The number of H-pyrrole nitrogens is 1. The van der Waals surface area contributed by atoms with Gasteiger partial charge < -0.3 is 10.6 Å². The van der Waals surface area contributed by atoms with Gasteiger partial charge in [-0.25, -0.2) is 4.98 Å². The predicted molar refractivity (Wildman–Crippen MR) is 88.8 cm³/mol. The number of aromatic amines is 1. The van der Waals surface area contributed by atoms with Gasteiger partial charge in [0, 0.05) is 31.7 Å². The molecule has 0 atom stereocenters. The molecule has 1 amide bonds. The van der Waals surface area contributed by atoms with Gasteiger partial charge in [-0.3, -0.25) is 19.4 Å². The second-order valence-corrected chi connectivity index (χ2v) is 6.07. The molecule has 7 nitrogen and oxygen atoms in total. The fourth-order valence-corrected chi connectivity index (χ4v) is 2.71. The lowest BCUT2D eigenvalue weighted by Gasteiger charge is -2.08. The number of rotatable bonds is 7. The fraction of sp³-hybridized carbons (Fsp3) is 0.562. The molecule has 23 heavy (non-hydrogen) atoms. The van der Waals surface area contributed by atoms with Crippen molar-refractivity contribution in [2.24, 2.45) is 7.05 Å². The summed E-state index contributed by atoms with van der Waals surface area (Å²) in [4.78, 5) is 29.2. The van der Waals surface area contributed by atoms with Crippen LogP contribution < -0.4 is 16.2 Å². The van der Waals surface area contributed by atoms with Gasteiger partial charge in [-0.1, -0.05) is 6.92 Å². The summed E-state index contributed by atoms with van der Waals surface area (Å²) in [6, 6.07) is 1.78. The maximum atomic E-state index is 12.5. The number of hydrogen-bond donors (Lipinski definition) is 3. The van der Waals surface area contributed by atoms with Crippen LogP contribution in [-0.4, -0.2) is 40.3 Å². The van der Waals surface area contributed by atoms with Gasteiger partial charge in [0.15, 0.2) is 5.65 Å². The molecule has 1 aliphatic rings. The molecule has 2 aromatic heterocycles. The van der Waals surface area contributed by atoms with Crippen molar-refractivity contribution >= 4 is 16.9 Å². The van der Waals surface area contributed by atoms with E-state index in [0.29, 0.717) is 35.6 Å². The van der Waals surface area contributed by atoms with Crippen molar-refractivity contribution in [3.63, 3.8) is 0 Å². The van der Waals surface area contributed by atoms with Crippen LogP contribution in [0.25, 0.3) is 11.0 Å². The van der Waals surface area contributed by atoms with E-state index in [1.807, 2.05) is 0 Å². The first kappa shape index (κ1) is 15.7. The zero-order chi connectivity index (χ0) is 16.4. The Bertz CT molecular complexity index is 773. The maximum Gasteiger partial charge on any atom is 0.274 e. The smallest absolute Gasteiger partial charge is 0.274 e. The van der Waals surface area contributed by atoms with E-state index in [1.54, 1.807) is 17.8 Å². The quantitative estimate of drug-likeness (QED) is 0.661. The second kappa shape index (κ2) is 6.54. The third kappa shape index (κ3) is 3.29. The molecule has 1 aliphatic carbocycles. The van der Waals surface area contributed by atoms with Gasteiger partial charge in [0.2, 0.25) is 0 Å². The van der Waals surface area contributed by atoms with Gasteiger partial charge in [-0.2, -0.15) is 0 Å². The van der Waals surface area contributed by atoms with E-state index < -0.39 is 0 Å². The molecule has 0 aromatic carbocycles. The molecule has 7 heteroatoms. The van der Waals surface area contributed by atoms with E-state index in [0.717, 1.165) is 31.5 Å². The predicted octanol–water partition coefficient (Wildman–Crippen LogP) is 0.868. The summed E-state index contributed by atoms with van der Waals surface area (Å²) in [6.45, 7) is 4.28. The summed E-state index contributed by atoms with van der Waals surface area (Å²) >= 11 is 0. The van der Waals surface area contributed by atoms with E-state index in [-0.39, 0.29) is 11.5 Å². The minimum absolute atomic E-state index is 0.214. The van der Waals surface area contributed by atoms with Gasteiger partial charge in [-0.15, -0.1) is 0 Å². The van der Waals surface area contributed by atoms with E-state index >= 15 is 0 Å². The van der Waals surface area contributed by atoms with Crippen molar-refractivity contribution in [2.45, 2.75) is 32.1 Å². The van der Waals surface area contributed by atoms with Gasteiger partial charge in [0.25, 0.3) is 11.5 Å². The highest BCUT2D eigenvalue weighted by Gasteiger charge is 2.28. The molecular formula is C16H23N5O2. The summed E-state index contributed by atoms with van der Waals surface area (Å²) in [7, 11) is 1.74. The third-order valence-electron chi connectivity index (χ3n) is 4.09. The van der Waals surface area contributed by atoms with Crippen LogP contribution in [-0.2, 0) is 7.05 Å². The van der Waals surface area contributed by atoms with Gasteiger partial charge in [-0.05, 0) is 31.9 Å². The van der Waals surface area contributed by atoms with Crippen LogP contribution in [0.15, 0.2) is 10.9 Å². The topological polar surface area (TPSA) is 91.8 Å². The van der Waals surface area contributed by atoms with Crippen LogP contribution in [0.4, 0.5) is 0 Å². The zero-order valence-corrected chi connectivity index (χ0v) is 13.6. The lowest BCUT2D eigenvalue weighted by Crippen LogP contribution is -2.32. The SMILES string of the molecule is CCCNCCNC(=O)c1cc(C2CC2)nc2c1c(=O)[nH]n2C. The Balaban J connectivity index is 1.86. The second-order valence-electron chi connectivity index (χ2n) is 6.07. The van der Waals surface area contributed by atoms with Crippen molar-refractivity contribution in [1.82, 2.24) is 25.4 Å². The molecule has 0 bridgehead atoms. The number of hydrogen-bond acceptors (Lipinski definition) is 4. The Kier molecular flexibility index (Phi) is 4.47. The number of nitrogens with one attached hydrogen (secondary N) is 3. The molecule has 1 fully saturated rings. The highest BCUT2D eigenvalue weighted by molar-refractivity contribution is 6.05. The Hall–Kier alpha value is -2.15. The number of aromatic nitrogens is 3. The number of amides is 1. The number of fused-ring (bicyclic) bond motifs is 1. The first-order chi connectivity index (χ1) is 11.1. The standard InChI is InChI=1S/C16H23N5O2/c1-3-6-17-7-8-18-15(22)11-9-12(10-4-5-10)19-14-13(11)16(23)20-21(14)2/h9-10,17H,3-8H2,1-2H3,(H,18,22)(H,20,23). The van der Waals surface area contributed by atoms with E-state index in [4.69, 9.17) is 0 Å². The third-order valence-corrected chi connectivity index (χ3v) is 4.09. The molecule has 0 spiro atoms. The number of carbonyl (C=O) groups excluding carboxylic acids is 1. The number of aryl methyl sites for hydroxylation is 1. The van der Waals surface area contributed by atoms with E-state index in [1.165, 1.54) is 0 Å². The fourth-order valence-electron chi connectivity index (χ4n) is 2.71. The average Bonchev–Trinajstić information content (AvgIpc) is 3.34. The molecule has 3 rings (SSSR count). The molecule has 0 aliphatic heterocycles. The van der Waals surface area contributed by atoms with E-state index in [2.05, 4.69) is 27.6 Å². The van der Waals surface area contributed by atoms with Crippen molar-refractivity contribution in [3.8, 4) is 0 Å². The minimum atomic E-state index is -0.272. The van der Waals surface area contributed by atoms with Crippen LogP contribution in [0.2, 0.25) is 0 Å². The Morgan fingerprint density at radius 3 is 2.87 bits per heavy atom. The van der Waals surface area contributed by atoms with E-state index in [9.17, 15) is 9.59 Å². The van der Waals surface area contributed by atoms with Crippen molar-refractivity contribution < 1.29 is 4.79 Å². The Labute approximate surface area is 134 Å². The van der Waals surface area contributed by atoms with Crippen LogP contribution in [0.5, 0.6) is 0 Å². The Morgan fingerprint density at radius 2 is 2.17 bits per heavy atom. The lowest BCUT2D eigenvalue weighted by atomic mass is 10.1. The number of pyridine rings is 1. The number of carbonyl (C=O) groups is 1. The summed E-state index contributed by atoms with van der Waals surface area (Å²) in [6.07, 6.45) is 3.25. The molecule has 3 N–H and O–H groups in total. The van der Waals surface area contributed by atoms with Gasteiger partial charge in [0.05, 0.1) is 10.9 Å². The molecule has 2 aromatic rings. The molecule has 0 saturated heterocycles. The minimum Gasteiger partial charge on any atom is -0.351 e. The van der Waals surface area contributed by atoms with Gasteiger partial charge >= 0.3 is 0 Å². The normalized spacial score (nSPS) is 14.3. The van der Waals surface area contributed by atoms with Gasteiger partial charge in [0.1, 0.15) is 0 Å². The first-order valence-corrected chi connectivity index (χ1v) is 8.20. The summed E-state index contributed by atoms with van der Waals surface area (Å²) < 4.78 is 1.59. The Morgan fingerprint density at radius 1 is 1.39 bits per heavy atom. The van der Waals surface area contributed by atoms with Crippen LogP contribution in [0.3, 0.4) is 0 Å².